The first kappa shape index (κ1) is 17.8. The van der Waals surface area contributed by atoms with Crippen molar-refractivity contribution in [2.45, 2.75) is 64.0 Å². The van der Waals surface area contributed by atoms with Crippen LogP contribution in [-0.2, 0) is 9.53 Å². The van der Waals surface area contributed by atoms with Gasteiger partial charge >= 0.3 is 12.0 Å². The Kier molecular flexibility index (Phi) is 6.95. The van der Waals surface area contributed by atoms with E-state index in [1.807, 2.05) is 6.92 Å². The zero-order valence-corrected chi connectivity index (χ0v) is 13.3. The molecule has 0 heterocycles. The summed E-state index contributed by atoms with van der Waals surface area (Å²) in [5, 5.41) is 15.0. The number of amides is 2. The molecule has 2 amide bonds. The Balaban J connectivity index is 2.62. The van der Waals surface area contributed by atoms with E-state index in [4.69, 9.17) is 4.74 Å². The van der Waals surface area contributed by atoms with Crippen molar-refractivity contribution in [1.82, 2.24) is 10.6 Å². The van der Waals surface area contributed by atoms with Crippen LogP contribution in [0.2, 0.25) is 0 Å². The fourth-order valence-electron chi connectivity index (χ4n) is 2.83. The predicted molar refractivity (Wildman–Crippen MR) is 80.2 cm³/mol. The van der Waals surface area contributed by atoms with Crippen molar-refractivity contribution < 1.29 is 19.4 Å². The van der Waals surface area contributed by atoms with Crippen LogP contribution >= 0.6 is 0 Å². The van der Waals surface area contributed by atoms with Crippen molar-refractivity contribution in [3.63, 3.8) is 0 Å². The standard InChI is InChI=1S/C15H28N2O4/c1-4-5-12(10-21-3)16-14(20)17-15(13(18)19)8-6-11(2)7-9-15/h11-12H,4-10H2,1-3H3,(H,18,19)(H2,16,17,20). The van der Waals surface area contributed by atoms with Gasteiger partial charge in [-0.2, -0.15) is 0 Å². The molecule has 6 heteroatoms. The van der Waals surface area contributed by atoms with Crippen LogP contribution < -0.4 is 10.6 Å². The lowest BCUT2D eigenvalue weighted by atomic mass is 9.77. The molecule has 0 aromatic carbocycles. The number of hydrogen-bond donors (Lipinski definition) is 3. The number of ether oxygens (including phenoxy) is 1. The van der Waals surface area contributed by atoms with Crippen LogP contribution in [0.15, 0.2) is 0 Å². The summed E-state index contributed by atoms with van der Waals surface area (Å²) in [4.78, 5) is 23.7. The Morgan fingerprint density at radius 3 is 2.48 bits per heavy atom. The number of methoxy groups -OCH3 is 1. The van der Waals surface area contributed by atoms with Crippen LogP contribution in [0.25, 0.3) is 0 Å². The molecule has 1 atom stereocenters. The van der Waals surface area contributed by atoms with Gasteiger partial charge < -0.3 is 20.5 Å². The number of rotatable bonds is 7. The van der Waals surface area contributed by atoms with Gasteiger partial charge in [-0.05, 0) is 38.0 Å². The predicted octanol–water partition coefficient (Wildman–Crippen LogP) is 2.13. The molecule has 1 aliphatic carbocycles. The number of urea groups is 1. The fraction of sp³-hybridized carbons (Fsp3) is 0.867. The summed E-state index contributed by atoms with van der Waals surface area (Å²) in [5.41, 5.74) is -1.12. The van der Waals surface area contributed by atoms with E-state index in [9.17, 15) is 14.7 Å². The third kappa shape index (κ3) is 5.19. The molecule has 1 rings (SSSR count). The van der Waals surface area contributed by atoms with Crippen LogP contribution in [0.4, 0.5) is 4.79 Å². The number of carboxylic acids is 1. The van der Waals surface area contributed by atoms with Gasteiger partial charge in [0.15, 0.2) is 0 Å². The van der Waals surface area contributed by atoms with Gasteiger partial charge in [0.1, 0.15) is 5.54 Å². The van der Waals surface area contributed by atoms with Gasteiger partial charge in [0.2, 0.25) is 0 Å². The zero-order valence-electron chi connectivity index (χ0n) is 13.3. The molecule has 1 aliphatic rings. The Hall–Kier alpha value is -1.30. The first-order chi connectivity index (χ1) is 9.93. The monoisotopic (exact) mass is 300 g/mol. The van der Waals surface area contributed by atoms with Crippen LogP contribution in [0, 0.1) is 5.92 Å². The number of aliphatic carboxylic acids is 1. The highest BCUT2D eigenvalue weighted by Crippen LogP contribution is 2.32. The van der Waals surface area contributed by atoms with E-state index in [0.717, 1.165) is 25.7 Å². The molecule has 0 spiro atoms. The van der Waals surface area contributed by atoms with Gasteiger partial charge in [-0.15, -0.1) is 0 Å². The SMILES string of the molecule is CCCC(COC)NC(=O)NC1(C(=O)O)CCC(C)CC1. The molecule has 1 fully saturated rings. The smallest absolute Gasteiger partial charge is 0.329 e. The van der Waals surface area contributed by atoms with E-state index in [1.165, 1.54) is 0 Å². The lowest BCUT2D eigenvalue weighted by Crippen LogP contribution is -2.60. The van der Waals surface area contributed by atoms with E-state index in [-0.39, 0.29) is 6.04 Å². The largest absolute Gasteiger partial charge is 0.480 e. The molecule has 122 valence electrons. The molecular formula is C15H28N2O4. The highest BCUT2D eigenvalue weighted by atomic mass is 16.5. The second-order valence-corrected chi connectivity index (χ2v) is 6.11. The molecular weight excluding hydrogens is 272 g/mol. The van der Waals surface area contributed by atoms with E-state index < -0.39 is 17.5 Å². The number of carboxylic acid groups (broad SMARTS) is 1. The maximum absolute atomic E-state index is 12.1. The average Bonchev–Trinajstić information content (AvgIpc) is 2.42. The topological polar surface area (TPSA) is 87.7 Å². The Bertz CT molecular complexity index is 346. The van der Waals surface area contributed by atoms with Gasteiger partial charge in [-0.1, -0.05) is 20.3 Å². The van der Waals surface area contributed by atoms with Crippen molar-refractivity contribution >= 4 is 12.0 Å². The Morgan fingerprint density at radius 1 is 1.38 bits per heavy atom. The van der Waals surface area contributed by atoms with E-state index in [2.05, 4.69) is 17.6 Å². The summed E-state index contributed by atoms with van der Waals surface area (Å²) in [5.74, 6) is -0.424. The van der Waals surface area contributed by atoms with Gasteiger partial charge in [-0.25, -0.2) is 9.59 Å². The molecule has 3 N–H and O–H groups in total. The highest BCUT2D eigenvalue weighted by molar-refractivity contribution is 5.86. The lowest BCUT2D eigenvalue weighted by molar-refractivity contribution is -0.146. The normalized spacial score (nSPS) is 26.9. The second kappa shape index (κ2) is 8.22. The zero-order chi connectivity index (χ0) is 15.9. The van der Waals surface area contributed by atoms with Gasteiger partial charge in [0.05, 0.1) is 12.6 Å². The lowest BCUT2D eigenvalue weighted by Gasteiger charge is -2.36. The number of hydrogen-bond acceptors (Lipinski definition) is 3. The molecule has 0 aromatic rings. The molecule has 0 bridgehead atoms. The molecule has 0 aliphatic heterocycles. The molecule has 0 radical (unpaired) electrons. The Morgan fingerprint density at radius 2 is 2.00 bits per heavy atom. The number of nitrogens with one attached hydrogen (secondary N) is 2. The van der Waals surface area contributed by atoms with E-state index in [1.54, 1.807) is 7.11 Å². The molecule has 21 heavy (non-hydrogen) atoms. The van der Waals surface area contributed by atoms with Crippen LogP contribution in [0.3, 0.4) is 0 Å². The average molecular weight is 300 g/mol. The molecule has 6 nitrogen and oxygen atoms in total. The molecule has 1 saturated carbocycles. The summed E-state index contributed by atoms with van der Waals surface area (Å²) < 4.78 is 5.08. The minimum Gasteiger partial charge on any atom is -0.480 e. The van der Waals surface area contributed by atoms with Crippen LogP contribution in [0.5, 0.6) is 0 Å². The molecule has 0 aromatic heterocycles. The summed E-state index contributed by atoms with van der Waals surface area (Å²) in [6, 6.07) is -0.504. The summed E-state index contributed by atoms with van der Waals surface area (Å²) >= 11 is 0. The maximum atomic E-state index is 12.1. The summed E-state index contributed by atoms with van der Waals surface area (Å²) in [6.07, 6.45) is 4.35. The van der Waals surface area contributed by atoms with Gasteiger partial charge in [0, 0.05) is 7.11 Å². The Labute approximate surface area is 126 Å². The summed E-state index contributed by atoms with van der Waals surface area (Å²) in [7, 11) is 1.59. The second-order valence-electron chi connectivity index (χ2n) is 6.11. The van der Waals surface area contributed by atoms with Crippen molar-refractivity contribution in [2.24, 2.45) is 5.92 Å². The number of carbonyl (C=O) groups is 2. The third-order valence-electron chi connectivity index (χ3n) is 4.23. The van der Waals surface area contributed by atoms with E-state index in [0.29, 0.717) is 25.4 Å². The van der Waals surface area contributed by atoms with Crippen LogP contribution in [0.1, 0.15) is 52.4 Å². The van der Waals surface area contributed by atoms with Crippen molar-refractivity contribution in [1.29, 1.82) is 0 Å². The first-order valence-corrected chi connectivity index (χ1v) is 7.74. The maximum Gasteiger partial charge on any atom is 0.329 e. The number of carbonyl (C=O) groups excluding carboxylic acids is 1. The highest BCUT2D eigenvalue weighted by Gasteiger charge is 2.42. The van der Waals surface area contributed by atoms with Crippen LogP contribution in [-0.4, -0.2) is 42.4 Å². The van der Waals surface area contributed by atoms with Crippen molar-refractivity contribution in [3.8, 4) is 0 Å². The van der Waals surface area contributed by atoms with Crippen molar-refractivity contribution in [2.75, 3.05) is 13.7 Å². The van der Waals surface area contributed by atoms with Gasteiger partial charge in [-0.3, -0.25) is 0 Å². The minimum atomic E-state index is -1.12. The minimum absolute atomic E-state index is 0.0895. The van der Waals surface area contributed by atoms with Crippen molar-refractivity contribution in [3.05, 3.63) is 0 Å². The fourth-order valence-corrected chi connectivity index (χ4v) is 2.83. The van der Waals surface area contributed by atoms with E-state index >= 15 is 0 Å². The van der Waals surface area contributed by atoms with Gasteiger partial charge in [0.25, 0.3) is 0 Å². The molecule has 0 saturated heterocycles. The summed E-state index contributed by atoms with van der Waals surface area (Å²) in [6.45, 7) is 4.57. The third-order valence-corrected chi connectivity index (χ3v) is 4.23. The quantitative estimate of drug-likeness (QED) is 0.672. The first-order valence-electron chi connectivity index (χ1n) is 7.74. The molecule has 1 unspecified atom stereocenters.